The van der Waals surface area contributed by atoms with Gasteiger partial charge in [0.25, 0.3) is 5.56 Å². The van der Waals surface area contributed by atoms with Crippen molar-refractivity contribution in [3.8, 4) is 6.07 Å². The van der Waals surface area contributed by atoms with Crippen LogP contribution in [-0.2, 0) is 17.9 Å². The van der Waals surface area contributed by atoms with Crippen LogP contribution in [-0.4, -0.2) is 21.6 Å². The summed E-state index contributed by atoms with van der Waals surface area (Å²) in [6, 6.07) is 15.1. The number of carbonyl (C=O) groups is 1. The molecule has 1 amide bonds. The molecule has 0 aliphatic heterocycles. The van der Waals surface area contributed by atoms with Gasteiger partial charge < -0.3 is 4.90 Å². The van der Waals surface area contributed by atoms with Crippen LogP contribution in [0.5, 0.6) is 0 Å². The van der Waals surface area contributed by atoms with Gasteiger partial charge >= 0.3 is 5.69 Å². The molecular weight excluding hydrogens is 356 g/mol. The van der Waals surface area contributed by atoms with E-state index in [9.17, 15) is 14.4 Å². The number of hydrogen-bond donors (Lipinski definition) is 0. The summed E-state index contributed by atoms with van der Waals surface area (Å²) >= 11 is 0. The second-order valence-electron chi connectivity index (χ2n) is 6.25. The Kier molecular flexibility index (Phi) is 5.41. The topological polar surface area (TPSA) is 88.1 Å². The van der Waals surface area contributed by atoms with Crippen molar-refractivity contribution in [2.24, 2.45) is 0 Å². The molecule has 0 unspecified atom stereocenters. The lowest BCUT2D eigenvalue weighted by molar-refractivity contribution is -0.119. The summed E-state index contributed by atoms with van der Waals surface area (Å²) < 4.78 is 2.08. The Balaban J connectivity index is 2.06. The highest BCUT2D eigenvalue weighted by Gasteiger charge is 2.20. The first-order valence-electron chi connectivity index (χ1n) is 9.04. The predicted molar refractivity (Wildman–Crippen MR) is 107 cm³/mol. The normalized spacial score (nSPS) is 10.6. The molecule has 142 valence electrons. The quantitative estimate of drug-likeness (QED) is 0.682. The van der Waals surface area contributed by atoms with Crippen molar-refractivity contribution in [2.75, 3.05) is 11.4 Å². The maximum Gasteiger partial charge on any atom is 0.331 e. The summed E-state index contributed by atoms with van der Waals surface area (Å²) in [6.45, 7) is 3.81. The summed E-state index contributed by atoms with van der Waals surface area (Å²) in [5.41, 5.74) is -0.804. The minimum absolute atomic E-state index is 0.164. The molecule has 3 rings (SSSR count). The monoisotopic (exact) mass is 376 g/mol. The van der Waals surface area contributed by atoms with E-state index < -0.39 is 23.7 Å². The average Bonchev–Trinajstić information content (AvgIpc) is 2.72. The highest BCUT2D eigenvalue weighted by Crippen LogP contribution is 2.26. The van der Waals surface area contributed by atoms with E-state index >= 15 is 0 Å². The second kappa shape index (κ2) is 7.92. The highest BCUT2D eigenvalue weighted by molar-refractivity contribution is 6.03. The number of anilines is 1. The molecule has 7 heteroatoms. The smallest absolute Gasteiger partial charge is 0.311 e. The molecule has 0 radical (unpaired) electrons. The van der Waals surface area contributed by atoms with Gasteiger partial charge in [0.1, 0.15) is 18.2 Å². The third kappa shape index (κ3) is 3.32. The molecule has 1 aromatic heterocycles. The molecule has 2 aromatic carbocycles. The minimum Gasteiger partial charge on any atom is -0.311 e. The molecular formula is C21H20N4O3. The summed E-state index contributed by atoms with van der Waals surface area (Å²) in [6.07, 6.45) is 1.23. The van der Waals surface area contributed by atoms with Crippen molar-refractivity contribution in [1.29, 1.82) is 5.26 Å². The predicted octanol–water partition coefficient (Wildman–Crippen LogP) is 2.11. The van der Waals surface area contributed by atoms with Gasteiger partial charge in [-0.05, 0) is 25.3 Å². The number of aromatic nitrogens is 2. The molecule has 0 atom stereocenters. The molecule has 0 N–H and O–H groups in total. The van der Waals surface area contributed by atoms with E-state index in [0.717, 1.165) is 15.3 Å². The highest BCUT2D eigenvalue weighted by atomic mass is 16.2. The molecule has 3 aromatic rings. The van der Waals surface area contributed by atoms with Crippen molar-refractivity contribution in [3.63, 3.8) is 0 Å². The van der Waals surface area contributed by atoms with Crippen LogP contribution in [0.2, 0.25) is 0 Å². The average molecular weight is 376 g/mol. The van der Waals surface area contributed by atoms with Crippen molar-refractivity contribution in [2.45, 2.75) is 26.9 Å². The fourth-order valence-corrected chi connectivity index (χ4v) is 3.24. The molecule has 0 aliphatic rings. The number of likely N-dealkylation sites (N-methyl/N-ethyl adjacent to an activating group) is 1. The number of fused-ring (bicyclic) bond motifs is 1. The second-order valence-corrected chi connectivity index (χ2v) is 6.25. The SMILES string of the molecule is CCN(C(=O)Cn1c(=O)c(C#N)cn(CC)c1=O)c1cccc2ccccc12. The van der Waals surface area contributed by atoms with Crippen LogP contribution in [0.15, 0.2) is 58.3 Å². The lowest BCUT2D eigenvalue weighted by Gasteiger charge is -2.23. The number of benzene rings is 2. The molecule has 0 fully saturated rings. The van der Waals surface area contributed by atoms with Crippen LogP contribution < -0.4 is 16.1 Å². The summed E-state index contributed by atoms with van der Waals surface area (Å²) in [7, 11) is 0. The number of aryl methyl sites for hydroxylation is 1. The first-order valence-corrected chi connectivity index (χ1v) is 9.04. The molecule has 0 saturated heterocycles. The fourth-order valence-electron chi connectivity index (χ4n) is 3.24. The van der Waals surface area contributed by atoms with E-state index in [1.807, 2.05) is 49.4 Å². The lowest BCUT2D eigenvalue weighted by Crippen LogP contribution is -2.45. The number of carbonyl (C=O) groups excluding carboxylic acids is 1. The van der Waals surface area contributed by atoms with Crippen LogP contribution in [0.1, 0.15) is 19.4 Å². The van der Waals surface area contributed by atoms with Crippen LogP contribution in [0.4, 0.5) is 5.69 Å². The van der Waals surface area contributed by atoms with Gasteiger partial charge in [-0.25, -0.2) is 9.36 Å². The fraction of sp³-hybridized carbons (Fsp3) is 0.238. The molecule has 0 aliphatic carbocycles. The van der Waals surface area contributed by atoms with E-state index in [4.69, 9.17) is 5.26 Å². The van der Waals surface area contributed by atoms with Gasteiger partial charge in [-0.2, -0.15) is 5.26 Å². The van der Waals surface area contributed by atoms with Gasteiger partial charge in [0, 0.05) is 24.7 Å². The van der Waals surface area contributed by atoms with Crippen LogP contribution in [0.3, 0.4) is 0 Å². The van der Waals surface area contributed by atoms with E-state index in [2.05, 4.69) is 0 Å². The van der Waals surface area contributed by atoms with Gasteiger partial charge in [0.05, 0.1) is 5.69 Å². The third-order valence-electron chi connectivity index (χ3n) is 4.67. The summed E-state index contributed by atoms with van der Waals surface area (Å²) in [5.74, 6) is -0.393. The lowest BCUT2D eigenvalue weighted by atomic mass is 10.1. The molecule has 28 heavy (non-hydrogen) atoms. The van der Waals surface area contributed by atoms with Crippen molar-refractivity contribution in [1.82, 2.24) is 9.13 Å². The van der Waals surface area contributed by atoms with Gasteiger partial charge in [0.2, 0.25) is 5.91 Å². The maximum atomic E-state index is 13.0. The van der Waals surface area contributed by atoms with Crippen molar-refractivity contribution in [3.05, 3.63) is 75.1 Å². The zero-order valence-corrected chi connectivity index (χ0v) is 15.8. The Morgan fingerprint density at radius 2 is 1.82 bits per heavy atom. The van der Waals surface area contributed by atoms with Gasteiger partial charge in [-0.3, -0.25) is 14.2 Å². The van der Waals surface area contributed by atoms with Crippen LogP contribution in [0.25, 0.3) is 10.8 Å². The first-order chi connectivity index (χ1) is 13.5. The van der Waals surface area contributed by atoms with Gasteiger partial charge in [0.15, 0.2) is 0 Å². The number of nitrogens with zero attached hydrogens (tertiary/aromatic N) is 4. The maximum absolute atomic E-state index is 13.0. The number of nitriles is 1. The van der Waals surface area contributed by atoms with Crippen LogP contribution in [0, 0.1) is 11.3 Å². The Labute approximate surface area is 161 Å². The number of rotatable bonds is 5. The van der Waals surface area contributed by atoms with E-state index in [1.165, 1.54) is 10.8 Å². The first kappa shape index (κ1) is 19.1. The van der Waals surface area contributed by atoms with Crippen molar-refractivity contribution < 1.29 is 4.79 Å². The van der Waals surface area contributed by atoms with E-state index in [1.54, 1.807) is 17.9 Å². The van der Waals surface area contributed by atoms with E-state index in [-0.39, 0.29) is 5.56 Å². The Morgan fingerprint density at radius 1 is 1.11 bits per heavy atom. The molecule has 0 bridgehead atoms. The Hall–Kier alpha value is -3.66. The molecule has 7 nitrogen and oxygen atoms in total. The number of hydrogen-bond acceptors (Lipinski definition) is 4. The molecule has 0 spiro atoms. The zero-order chi connectivity index (χ0) is 20.3. The van der Waals surface area contributed by atoms with E-state index in [0.29, 0.717) is 18.8 Å². The van der Waals surface area contributed by atoms with Gasteiger partial charge in [-0.1, -0.05) is 36.4 Å². The Bertz CT molecular complexity index is 1200. The summed E-state index contributed by atoms with van der Waals surface area (Å²) in [4.78, 5) is 39.5. The largest absolute Gasteiger partial charge is 0.331 e. The van der Waals surface area contributed by atoms with Crippen LogP contribution >= 0.6 is 0 Å². The summed E-state index contributed by atoms with van der Waals surface area (Å²) in [5, 5.41) is 11.1. The minimum atomic E-state index is -0.750. The standard InChI is InChI=1S/C21H20N4O3/c1-3-23-13-16(12-22)20(27)25(21(23)28)14-19(26)24(4-2)18-11-7-9-15-8-5-6-10-17(15)18/h5-11,13H,3-4,14H2,1-2H3. The third-order valence-corrected chi connectivity index (χ3v) is 4.67. The van der Waals surface area contributed by atoms with Crippen molar-refractivity contribution >= 4 is 22.4 Å². The van der Waals surface area contributed by atoms with Gasteiger partial charge in [-0.15, -0.1) is 0 Å². The number of amides is 1. The molecule has 0 saturated carbocycles. The zero-order valence-electron chi connectivity index (χ0n) is 15.8. The Morgan fingerprint density at radius 3 is 2.50 bits per heavy atom. The molecule has 1 heterocycles.